The van der Waals surface area contributed by atoms with Crippen molar-refractivity contribution >= 4 is 5.97 Å². The average Bonchev–Trinajstić information content (AvgIpc) is 2.43. The van der Waals surface area contributed by atoms with E-state index in [1.54, 1.807) is 13.8 Å². The summed E-state index contributed by atoms with van der Waals surface area (Å²) in [6.45, 7) is 2.07. The Bertz CT molecular complexity index is 412. The molecule has 0 spiro atoms. The Morgan fingerprint density at radius 2 is 2.06 bits per heavy atom. The third-order valence-electron chi connectivity index (χ3n) is 2.04. The van der Waals surface area contributed by atoms with E-state index in [0.29, 0.717) is 4.68 Å². The minimum atomic E-state index is -4.40. The third-order valence-corrected chi connectivity index (χ3v) is 2.04. The number of carboxylic acid groups (broad SMARTS) is 1. The molecule has 0 aliphatic carbocycles. The molecule has 0 unspecified atom stereocenters. The Kier molecular flexibility index (Phi) is 3.74. The standard InChI is InChI=1S/C9H12F3N3O2/c1-5(2)8-6(3-7(16)17)13-14-15(8)4-9(10,11)12/h5H,3-4H2,1-2H3,(H,16,17). The molecule has 0 amide bonds. The van der Waals surface area contributed by atoms with Crippen LogP contribution in [-0.4, -0.2) is 32.2 Å². The van der Waals surface area contributed by atoms with Crippen molar-refractivity contribution in [2.45, 2.75) is 38.9 Å². The second-order valence-corrected chi connectivity index (χ2v) is 3.92. The zero-order valence-corrected chi connectivity index (χ0v) is 9.32. The predicted octanol–water partition coefficient (Wildman–Crippen LogP) is 1.59. The smallest absolute Gasteiger partial charge is 0.408 e. The van der Waals surface area contributed by atoms with E-state index in [4.69, 9.17) is 5.11 Å². The summed E-state index contributed by atoms with van der Waals surface area (Å²) in [4.78, 5) is 10.5. The van der Waals surface area contributed by atoms with E-state index in [0.717, 1.165) is 0 Å². The highest BCUT2D eigenvalue weighted by molar-refractivity contribution is 5.69. The zero-order valence-electron chi connectivity index (χ0n) is 9.32. The third kappa shape index (κ3) is 3.72. The van der Waals surface area contributed by atoms with Gasteiger partial charge in [0, 0.05) is 0 Å². The van der Waals surface area contributed by atoms with Crippen molar-refractivity contribution in [3.8, 4) is 0 Å². The fraction of sp³-hybridized carbons (Fsp3) is 0.667. The van der Waals surface area contributed by atoms with E-state index in [2.05, 4.69) is 10.3 Å². The summed E-state index contributed by atoms with van der Waals surface area (Å²) < 4.78 is 37.5. The summed E-state index contributed by atoms with van der Waals surface area (Å²) in [6.07, 6.45) is -4.83. The number of hydrogen-bond acceptors (Lipinski definition) is 3. The largest absolute Gasteiger partial charge is 0.481 e. The normalized spacial score (nSPS) is 12.1. The summed E-state index contributed by atoms with van der Waals surface area (Å²) in [6, 6.07) is 0. The molecule has 0 bridgehead atoms. The number of halogens is 3. The summed E-state index contributed by atoms with van der Waals surface area (Å²) in [7, 11) is 0. The van der Waals surface area contributed by atoms with E-state index in [-0.39, 0.29) is 17.3 Å². The number of hydrogen-bond donors (Lipinski definition) is 1. The van der Waals surface area contributed by atoms with Crippen molar-refractivity contribution in [3.63, 3.8) is 0 Å². The van der Waals surface area contributed by atoms with Gasteiger partial charge >= 0.3 is 12.1 Å². The molecule has 1 N–H and O–H groups in total. The molecule has 0 aliphatic rings. The Balaban J connectivity index is 3.06. The number of rotatable bonds is 4. The topological polar surface area (TPSA) is 68.0 Å². The molecule has 1 aromatic rings. The Hall–Kier alpha value is -1.60. The van der Waals surface area contributed by atoms with Crippen LogP contribution in [0.15, 0.2) is 0 Å². The van der Waals surface area contributed by atoms with Gasteiger partial charge in [-0.1, -0.05) is 19.1 Å². The molecular weight excluding hydrogens is 239 g/mol. The summed E-state index contributed by atoms with van der Waals surface area (Å²) in [5, 5.41) is 15.5. The summed E-state index contributed by atoms with van der Waals surface area (Å²) >= 11 is 0. The average molecular weight is 251 g/mol. The molecular formula is C9H12F3N3O2. The Morgan fingerprint density at radius 3 is 2.47 bits per heavy atom. The van der Waals surface area contributed by atoms with Gasteiger partial charge in [-0.25, -0.2) is 4.68 Å². The Labute approximate surface area is 95.2 Å². The van der Waals surface area contributed by atoms with Crippen molar-refractivity contribution in [2.75, 3.05) is 0 Å². The lowest BCUT2D eigenvalue weighted by Crippen LogP contribution is -2.21. The first kappa shape index (κ1) is 13.5. The van der Waals surface area contributed by atoms with E-state index in [1.807, 2.05) is 0 Å². The molecule has 0 aliphatic heterocycles. The fourth-order valence-corrected chi connectivity index (χ4v) is 1.54. The monoisotopic (exact) mass is 251 g/mol. The number of aliphatic carboxylic acids is 1. The second-order valence-electron chi connectivity index (χ2n) is 3.92. The molecule has 17 heavy (non-hydrogen) atoms. The molecule has 0 aromatic carbocycles. The number of alkyl halides is 3. The maximum atomic E-state index is 12.3. The van der Waals surface area contributed by atoms with Crippen molar-refractivity contribution in [1.29, 1.82) is 0 Å². The molecule has 0 radical (unpaired) electrons. The van der Waals surface area contributed by atoms with Crippen LogP contribution in [-0.2, 0) is 17.8 Å². The number of aromatic nitrogens is 3. The van der Waals surface area contributed by atoms with E-state index in [9.17, 15) is 18.0 Å². The van der Waals surface area contributed by atoms with Crippen molar-refractivity contribution in [3.05, 3.63) is 11.4 Å². The highest BCUT2D eigenvalue weighted by Gasteiger charge is 2.31. The molecule has 0 saturated carbocycles. The molecule has 5 nitrogen and oxygen atoms in total. The predicted molar refractivity (Wildman–Crippen MR) is 51.5 cm³/mol. The first-order valence-electron chi connectivity index (χ1n) is 4.91. The molecule has 8 heteroatoms. The van der Waals surface area contributed by atoms with Crippen LogP contribution < -0.4 is 0 Å². The quantitative estimate of drug-likeness (QED) is 0.882. The van der Waals surface area contributed by atoms with Crippen LogP contribution in [0.5, 0.6) is 0 Å². The van der Waals surface area contributed by atoms with Crippen LogP contribution in [0.25, 0.3) is 0 Å². The van der Waals surface area contributed by atoms with Gasteiger partial charge in [0.25, 0.3) is 0 Å². The Morgan fingerprint density at radius 1 is 1.47 bits per heavy atom. The molecule has 1 aromatic heterocycles. The zero-order chi connectivity index (χ0) is 13.2. The van der Waals surface area contributed by atoms with Gasteiger partial charge in [0.15, 0.2) is 0 Å². The van der Waals surface area contributed by atoms with Gasteiger partial charge < -0.3 is 5.11 Å². The lowest BCUT2D eigenvalue weighted by molar-refractivity contribution is -0.143. The van der Waals surface area contributed by atoms with E-state index >= 15 is 0 Å². The number of nitrogens with zero attached hydrogens (tertiary/aromatic N) is 3. The van der Waals surface area contributed by atoms with Gasteiger partial charge in [-0.2, -0.15) is 13.2 Å². The minimum Gasteiger partial charge on any atom is -0.481 e. The minimum absolute atomic E-state index is 0.0803. The van der Waals surface area contributed by atoms with Crippen LogP contribution in [0.2, 0.25) is 0 Å². The molecule has 0 fully saturated rings. The van der Waals surface area contributed by atoms with Crippen molar-refractivity contribution in [2.24, 2.45) is 0 Å². The summed E-state index contributed by atoms with van der Waals surface area (Å²) in [5.74, 6) is -1.42. The second kappa shape index (κ2) is 4.72. The highest BCUT2D eigenvalue weighted by Crippen LogP contribution is 2.23. The van der Waals surface area contributed by atoms with Gasteiger partial charge in [-0.15, -0.1) is 5.10 Å². The van der Waals surface area contributed by atoms with Crippen LogP contribution in [0, 0.1) is 0 Å². The van der Waals surface area contributed by atoms with E-state index in [1.165, 1.54) is 0 Å². The first-order chi connectivity index (χ1) is 7.70. The summed E-state index contributed by atoms with van der Waals surface area (Å²) in [5.41, 5.74) is 0.293. The van der Waals surface area contributed by atoms with Crippen LogP contribution >= 0.6 is 0 Å². The van der Waals surface area contributed by atoms with Crippen LogP contribution in [0.1, 0.15) is 31.2 Å². The molecule has 96 valence electrons. The van der Waals surface area contributed by atoms with Gasteiger partial charge in [-0.05, 0) is 5.92 Å². The molecule has 1 heterocycles. The van der Waals surface area contributed by atoms with Crippen LogP contribution in [0.4, 0.5) is 13.2 Å². The van der Waals surface area contributed by atoms with Gasteiger partial charge in [0.1, 0.15) is 6.54 Å². The van der Waals surface area contributed by atoms with Crippen molar-refractivity contribution < 1.29 is 23.1 Å². The van der Waals surface area contributed by atoms with E-state index < -0.39 is 25.1 Å². The van der Waals surface area contributed by atoms with Gasteiger partial charge in [-0.3, -0.25) is 4.79 Å². The molecule has 0 saturated heterocycles. The van der Waals surface area contributed by atoms with Gasteiger partial charge in [0.05, 0.1) is 17.8 Å². The fourth-order valence-electron chi connectivity index (χ4n) is 1.54. The number of carboxylic acids is 1. The maximum Gasteiger partial charge on any atom is 0.408 e. The highest BCUT2D eigenvalue weighted by atomic mass is 19.4. The molecule has 0 atom stereocenters. The number of carbonyl (C=O) groups is 1. The SMILES string of the molecule is CC(C)c1c(CC(=O)O)nnn1CC(F)(F)F. The molecule has 1 rings (SSSR count). The van der Waals surface area contributed by atoms with Gasteiger partial charge in [0.2, 0.25) is 0 Å². The van der Waals surface area contributed by atoms with Crippen molar-refractivity contribution in [1.82, 2.24) is 15.0 Å². The first-order valence-corrected chi connectivity index (χ1v) is 4.91. The van der Waals surface area contributed by atoms with Crippen LogP contribution in [0.3, 0.4) is 0 Å². The lowest BCUT2D eigenvalue weighted by Gasteiger charge is -2.12. The maximum absolute atomic E-state index is 12.3. The lowest BCUT2D eigenvalue weighted by atomic mass is 10.1.